The zero-order valence-corrected chi connectivity index (χ0v) is 14.1. The van der Waals surface area contributed by atoms with Crippen molar-refractivity contribution < 1.29 is 14.3 Å². The van der Waals surface area contributed by atoms with E-state index >= 15 is 0 Å². The predicted molar refractivity (Wildman–Crippen MR) is 96.7 cm³/mol. The summed E-state index contributed by atoms with van der Waals surface area (Å²) in [6.45, 7) is 0.800. The van der Waals surface area contributed by atoms with E-state index in [1.807, 2.05) is 49.5 Å². The first-order valence-electron chi connectivity index (χ1n) is 8.30. The lowest BCUT2D eigenvalue weighted by Crippen LogP contribution is -2.27. The maximum Gasteiger partial charge on any atom is 0.231 e. The van der Waals surface area contributed by atoms with E-state index in [9.17, 15) is 4.79 Å². The van der Waals surface area contributed by atoms with Crippen LogP contribution in [-0.4, -0.2) is 24.6 Å². The van der Waals surface area contributed by atoms with Gasteiger partial charge >= 0.3 is 0 Å². The summed E-state index contributed by atoms with van der Waals surface area (Å²) in [5.74, 6) is 1.59. The zero-order chi connectivity index (χ0) is 17.2. The highest BCUT2D eigenvalue weighted by molar-refractivity contribution is 5.90. The molecule has 0 N–H and O–H groups in total. The predicted octanol–water partition coefficient (Wildman–Crippen LogP) is 3.77. The third-order valence-corrected chi connectivity index (χ3v) is 4.50. The van der Waals surface area contributed by atoms with Gasteiger partial charge in [0.15, 0.2) is 11.5 Å². The highest BCUT2D eigenvalue weighted by atomic mass is 16.7. The van der Waals surface area contributed by atoms with Crippen LogP contribution < -0.4 is 9.47 Å². The Morgan fingerprint density at radius 2 is 1.80 bits per heavy atom. The van der Waals surface area contributed by atoms with Crippen LogP contribution in [0.1, 0.15) is 11.1 Å². The summed E-state index contributed by atoms with van der Waals surface area (Å²) in [4.78, 5) is 14.4. The fourth-order valence-corrected chi connectivity index (χ4v) is 3.15. The molecule has 25 heavy (non-hydrogen) atoms. The smallest absolute Gasteiger partial charge is 0.231 e. The number of nitrogens with zero attached hydrogens (tertiary/aromatic N) is 1. The molecule has 0 aliphatic carbocycles. The monoisotopic (exact) mass is 333 g/mol. The van der Waals surface area contributed by atoms with Crippen molar-refractivity contribution in [3.8, 4) is 11.5 Å². The molecule has 0 aromatic heterocycles. The van der Waals surface area contributed by atoms with Gasteiger partial charge in [0.25, 0.3) is 0 Å². The van der Waals surface area contributed by atoms with Crippen LogP contribution in [-0.2, 0) is 17.8 Å². The number of hydrogen-bond acceptors (Lipinski definition) is 3. The lowest BCUT2D eigenvalue weighted by atomic mass is 10.0. The first kappa shape index (κ1) is 15.5. The number of ether oxygens (including phenoxy) is 2. The Hall–Kier alpha value is -3.01. The first-order valence-corrected chi connectivity index (χ1v) is 8.30. The molecule has 0 saturated carbocycles. The molecule has 4 rings (SSSR count). The van der Waals surface area contributed by atoms with Crippen LogP contribution in [0, 0.1) is 0 Å². The summed E-state index contributed by atoms with van der Waals surface area (Å²) in [5.41, 5.74) is 2.08. The minimum absolute atomic E-state index is 0.0917. The number of amides is 1. The topological polar surface area (TPSA) is 38.8 Å². The molecular weight excluding hydrogens is 314 g/mol. The Labute approximate surface area is 146 Å². The summed E-state index contributed by atoms with van der Waals surface area (Å²) in [6, 6.07) is 20.0. The summed E-state index contributed by atoms with van der Waals surface area (Å²) >= 11 is 0. The molecule has 0 atom stereocenters. The van der Waals surface area contributed by atoms with E-state index in [1.54, 1.807) is 4.90 Å². The average molecular weight is 333 g/mol. The second-order valence-corrected chi connectivity index (χ2v) is 6.25. The van der Waals surface area contributed by atoms with Crippen LogP contribution in [0.5, 0.6) is 11.5 Å². The Morgan fingerprint density at radius 3 is 2.72 bits per heavy atom. The van der Waals surface area contributed by atoms with Gasteiger partial charge in [-0.05, 0) is 34.0 Å². The summed E-state index contributed by atoms with van der Waals surface area (Å²) in [5, 5.41) is 2.29. The molecular formula is C21H19NO3. The maximum atomic E-state index is 12.7. The SMILES string of the molecule is CN(Cc1ccc2c(c1)OCO2)C(=O)Cc1cccc2ccccc12. The van der Waals surface area contributed by atoms with Crippen LogP contribution >= 0.6 is 0 Å². The Bertz CT molecular complexity index is 930. The lowest BCUT2D eigenvalue weighted by molar-refractivity contribution is -0.129. The maximum absolute atomic E-state index is 12.7. The number of carbonyl (C=O) groups excluding carboxylic acids is 1. The van der Waals surface area contributed by atoms with E-state index < -0.39 is 0 Å². The molecule has 4 heteroatoms. The molecule has 1 aliphatic rings. The van der Waals surface area contributed by atoms with Gasteiger partial charge in [-0.15, -0.1) is 0 Å². The summed E-state index contributed by atoms with van der Waals surface area (Å²) in [7, 11) is 1.83. The quantitative estimate of drug-likeness (QED) is 0.729. The number of benzene rings is 3. The third kappa shape index (κ3) is 3.15. The molecule has 3 aromatic carbocycles. The zero-order valence-electron chi connectivity index (χ0n) is 14.1. The Kier molecular flexibility index (Phi) is 4.02. The molecule has 0 unspecified atom stereocenters. The molecule has 126 valence electrons. The van der Waals surface area contributed by atoms with E-state index in [2.05, 4.69) is 18.2 Å². The third-order valence-electron chi connectivity index (χ3n) is 4.50. The van der Waals surface area contributed by atoms with Crippen molar-refractivity contribution in [3.05, 3.63) is 71.8 Å². The minimum Gasteiger partial charge on any atom is -0.454 e. The molecule has 1 heterocycles. The van der Waals surface area contributed by atoms with Crippen molar-refractivity contribution in [1.82, 2.24) is 4.90 Å². The normalized spacial score (nSPS) is 12.4. The number of hydrogen-bond donors (Lipinski definition) is 0. The van der Waals surface area contributed by atoms with Crippen LogP contribution in [0.3, 0.4) is 0 Å². The van der Waals surface area contributed by atoms with Gasteiger partial charge in [0.1, 0.15) is 0 Å². The molecule has 0 saturated heterocycles. The molecule has 4 nitrogen and oxygen atoms in total. The van der Waals surface area contributed by atoms with Gasteiger partial charge in [0, 0.05) is 13.6 Å². The number of rotatable bonds is 4. The van der Waals surface area contributed by atoms with E-state index in [-0.39, 0.29) is 12.7 Å². The number of fused-ring (bicyclic) bond motifs is 2. The van der Waals surface area contributed by atoms with Crippen molar-refractivity contribution in [1.29, 1.82) is 0 Å². The largest absolute Gasteiger partial charge is 0.454 e. The highest BCUT2D eigenvalue weighted by Gasteiger charge is 2.16. The molecule has 0 radical (unpaired) electrons. The van der Waals surface area contributed by atoms with E-state index in [0.717, 1.165) is 33.4 Å². The highest BCUT2D eigenvalue weighted by Crippen LogP contribution is 2.32. The molecule has 3 aromatic rings. The Morgan fingerprint density at radius 1 is 1.00 bits per heavy atom. The second-order valence-electron chi connectivity index (χ2n) is 6.25. The van der Waals surface area contributed by atoms with Crippen molar-refractivity contribution in [2.45, 2.75) is 13.0 Å². The van der Waals surface area contributed by atoms with Crippen molar-refractivity contribution in [2.75, 3.05) is 13.8 Å². The van der Waals surface area contributed by atoms with Crippen LogP contribution in [0.2, 0.25) is 0 Å². The van der Waals surface area contributed by atoms with Crippen LogP contribution in [0.15, 0.2) is 60.7 Å². The van der Waals surface area contributed by atoms with Gasteiger partial charge in [-0.25, -0.2) is 0 Å². The van der Waals surface area contributed by atoms with Crippen molar-refractivity contribution in [3.63, 3.8) is 0 Å². The van der Waals surface area contributed by atoms with Crippen LogP contribution in [0.4, 0.5) is 0 Å². The van der Waals surface area contributed by atoms with Crippen molar-refractivity contribution >= 4 is 16.7 Å². The van der Waals surface area contributed by atoms with E-state index in [4.69, 9.17) is 9.47 Å². The molecule has 0 spiro atoms. The molecule has 1 aliphatic heterocycles. The standard InChI is InChI=1S/C21H19NO3/c1-22(13-15-9-10-19-20(11-15)25-14-24-19)21(23)12-17-7-4-6-16-5-2-3-8-18(16)17/h2-11H,12-14H2,1H3. The molecule has 0 fully saturated rings. The fraction of sp³-hybridized carbons (Fsp3) is 0.190. The van der Waals surface area contributed by atoms with Gasteiger partial charge < -0.3 is 14.4 Å². The van der Waals surface area contributed by atoms with Gasteiger partial charge in [0.05, 0.1) is 6.42 Å². The summed E-state index contributed by atoms with van der Waals surface area (Å²) in [6.07, 6.45) is 0.391. The van der Waals surface area contributed by atoms with Gasteiger partial charge in [-0.2, -0.15) is 0 Å². The van der Waals surface area contributed by atoms with E-state index in [0.29, 0.717) is 13.0 Å². The van der Waals surface area contributed by atoms with Crippen LogP contribution in [0.25, 0.3) is 10.8 Å². The minimum atomic E-state index is 0.0917. The van der Waals surface area contributed by atoms with Gasteiger partial charge in [-0.3, -0.25) is 4.79 Å². The first-order chi connectivity index (χ1) is 12.2. The number of carbonyl (C=O) groups is 1. The van der Waals surface area contributed by atoms with Crippen molar-refractivity contribution in [2.24, 2.45) is 0 Å². The molecule has 1 amide bonds. The van der Waals surface area contributed by atoms with Gasteiger partial charge in [-0.1, -0.05) is 48.5 Å². The number of likely N-dealkylation sites (N-methyl/N-ethyl adjacent to an activating group) is 1. The fourth-order valence-electron chi connectivity index (χ4n) is 3.15. The van der Waals surface area contributed by atoms with E-state index in [1.165, 1.54) is 0 Å². The summed E-state index contributed by atoms with van der Waals surface area (Å²) < 4.78 is 10.7. The Balaban J connectivity index is 1.48. The molecule has 0 bridgehead atoms. The second kappa shape index (κ2) is 6.48. The lowest BCUT2D eigenvalue weighted by Gasteiger charge is -2.18. The van der Waals surface area contributed by atoms with Gasteiger partial charge in [0.2, 0.25) is 12.7 Å². The average Bonchev–Trinajstić information content (AvgIpc) is 3.10.